The topological polar surface area (TPSA) is 78.3 Å². The highest BCUT2D eigenvalue weighted by Gasteiger charge is 2.26. The van der Waals surface area contributed by atoms with Gasteiger partial charge in [0.25, 0.3) is 0 Å². The molecule has 1 unspecified atom stereocenters. The third-order valence-electron chi connectivity index (χ3n) is 3.76. The predicted octanol–water partition coefficient (Wildman–Crippen LogP) is 2.47. The zero-order chi connectivity index (χ0) is 16.4. The number of furan rings is 1. The SMILES string of the molecule is CC(O)(CNC(=O)Cc1c[nH]c2cc(F)ccc12)c1ccco1. The number of hydrogen-bond donors (Lipinski definition) is 3. The van der Waals surface area contributed by atoms with E-state index >= 15 is 0 Å². The first kappa shape index (κ1) is 15.3. The molecule has 3 aromatic rings. The molecule has 3 N–H and O–H groups in total. The molecule has 5 nitrogen and oxygen atoms in total. The Hall–Kier alpha value is -2.60. The molecule has 1 aromatic carbocycles. The first-order valence-corrected chi connectivity index (χ1v) is 7.24. The van der Waals surface area contributed by atoms with E-state index in [1.165, 1.54) is 18.4 Å². The molecule has 3 rings (SSSR count). The van der Waals surface area contributed by atoms with Crippen LogP contribution in [0.25, 0.3) is 10.9 Å². The van der Waals surface area contributed by atoms with Gasteiger partial charge in [0, 0.05) is 17.1 Å². The molecular weight excluding hydrogens is 299 g/mol. The number of H-pyrrole nitrogens is 1. The Morgan fingerprint density at radius 2 is 2.26 bits per heavy atom. The number of aliphatic hydroxyl groups is 1. The number of carbonyl (C=O) groups excluding carboxylic acids is 1. The minimum Gasteiger partial charge on any atom is -0.466 e. The van der Waals surface area contributed by atoms with Crippen molar-refractivity contribution in [2.75, 3.05) is 6.54 Å². The molecule has 0 saturated heterocycles. The first-order valence-electron chi connectivity index (χ1n) is 7.24. The maximum atomic E-state index is 13.2. The second-order valence-corrected chi connectivity index (χ2v) is 5.71. The highest BCUT2D eigenvalue weighted by molar-refractivity contribution is 5.88. The van der Waals surface area contributed by atoms with E-state index in [0.717, 1.165) is 10.9 Å². The van der Waals surface area contributed by atoms with Gasteiger partial charge >= 0.3 is 0 Å². The van der Waals surface area contributed by atoms with Crippen LogP contribution < -0.4 is 5.32 Å². The molecule has 2 heterocycles. The van der Waals surface area contributed by atoms with E-state index in [4.69, 9.17) is 4.42 Å². The molecule has 0 aliphatic rings. The van der Waals surface area contributed by atoms with Gasteiger partial charge in [-0.15, -0.1) is 0 Å². The van der Waals surface area contributed by atoms with E-state index in [1.807, 2.05) is 0 Å². The van der Waals surface area contributed by atoms with Crippen molar-refractivity contribution in [3.63, 3.8) is 0 Å². The molecule has 2 aromatic heterocycles. The van der Waals surface area contributed by atoms with E-state index in [0.29, 0.717) is 11.3 Å². The smallest absolute Gasteiger partial charge is 0.224 e. The van der Waals surface area contributed by atoms with Gasteiger partial charge in [0.05, 0.1) is 19.2 Å². The van der Waals surface area contributed by atoms with Gasteiger partial charge in [-0.25, -0.2) is 4.39 Å². The second kappa shape index (κ2) is 5.89. The Kier molecular flexibility index (Phi) is 3.92. The van der Waals surface area contributed by atoms with Crippen LogP contribution >= 0.6 is 0 Å². The van der Waals surface area contributed by atoms with Gasteiger partial charge in [0.1, 0.15) is 17.2 Å². The van der Waals surface area contributed by atoms with Crippen molar-refractivity contribution < 1.29 is 18.7 Å². The Bertz CT molecular complexity index is 822. The molecule has 0 aliphatic heterocycles. The van der Waals surface area contributed by atoms with Crippen molar-refractivity contribution in [1.29, 1.82) is 0 Å². The molecule has 0 saturated carbocycles. The molecule has 1 amide bonds. The summed E-state index contributed by atoms with van der Waals surface area (Å²) >= 11 is 0. The number of fused-ring (bicyclic) bond motifs is 1. The van der Waals surface area contributed by atoms with Gasteiger partial charge in [-0.2, -0.15) is 0 Å². The molecule has 0 bridgehead atoms. The lowest BCUT2D eigenvalue weighted by atomic mass is 10.0. The maximum Gasteiger partial charge on any atom is 0.224 e. The minimum atomic E-state index is -1.28. The summed E-state index contributed by atoms with van der Waals surface area (Å²) in [6.07, 6.45) is 3.30. The number of halogens is 1. The van der Waals surface area contributed by atoms with E-state index < -0.39 is 5.60 Å². The van der Waals surface area contributed by atoms with Gasteiger partial charge in [0.15, 0.2) is 0 Å². The fourth-order valence-electron chi connectivity index (χ4n) is 2.48. The summed E-state index contributed by atoms with van der Waals surface area (Å²) in [5, 5.41) is 13.8. The zero-order valence-electron chi connectivity index (χ0n) is 12.6. The largest absolute Gasteiger partial charge is 0.466 e. The lowest BCUT2D eigenvalue weighted by molar-refractivity contribution is -0.121. The van der Waals surface area contributed by atoms with Crippen LogP contribution in [0.3, 0.4) is 0 Å². The Morgan fingerprint density at radius 1 is 1.43 bits per heavy atom. The summed E-state index contributed by atoms with van der Waals surface area (Å²) < 4.78 is 18.3. The highest BCUT2D eigenvalue weighted by atomic mass is 19.1. The summed E-state index contributed by atoms with van der Waals surface area (Å²) in [7, 11) is 0. The van der Waals surface area contributed by atoms with Crippen LogP contribution in [-0.2, 0) is 16.8 Å². The molecule has 0 aliphatic carbocycles. The fourth-order valence-corrected chi connectivity index (χ4v) is 2.48. The minimum absolute atomic E-state index is 0.0380. The average molecular weight is 316 g/mol. The van der Waals surface area contributed by atoms with E-state index in [1.54, 1.807) is 31.3 Å². The summed E-state index contributed by atoms with van der Waals surface area (Å²) in [6.45, 7) is 1.61. The van der Waals surface area contributed by atoms with Crippen LogP contribution in [0.5, 0.6) is 0 Å². The van der Waals surface area contributed by atoms with Gasteiger partial charge in [-0.05, 0) is 42.8 Å². The number of rotatable bonds is 5. The summed E-state index contributed by atoms with van der Waals surface area (Å²) in [5.41, 5.74) is 0.146. The number of aromatic amines is 1. The zero-order valence-corrected chi connectivity index (χ0v) is 12.6. The summed E-state index contributed by atoms with van der Waals surface area (Å²) in [4.78, 5) is 15.0. The predicted molar refractivity (Wildman–Crippen MR) is 83.2 cm³/mol. The lowest BCUT2D eigenvalue weighted by Crippen LogP contribution is -2.39. The quantitative estimate of drug-likeness (QED) is 0.676. The van der Waals surface area contributed by atoms with Crippen LogP contribution in [0.15, 0.2) is 47.2 Å². The number of nitrogens with one attached hydrogen (secondary N) is 2. The van der Waals surface area contributed by atoms with Crippen molar-refractivity contribution in [1.82, 2.24) is 10.3 Å². The average Bonchev–Trinajstić information content (AvgIpc) is 3.16. The Balaban J connectivity index is 1.65. The number of aromatic nitrogens is 1. The van der Waals surface area contributed by atoms with Gasteiger partial charge in [0.2, 0.25) is 5.91 Å². The molecule has 0 fully saturated rings. The monoisotopic (exact) mass is 316 g/mol. The van der Waals surface area contributed by atoms with Crippen LogP contribution in [0.4, 0.5) is 4.39 Å². The summed E-state index contributed by atoms with van der Waals surface area (Å²) in [6, 6.07) is 7.72. The summed E-state index contributed by atoms with van der Waals surface area (Å²) in [5.74, 6) is -0.174. The Labute approximate surface area is 132 Å². The normalized spacial score (nSPS) is 13.9. The molecular formula is C17H17FN2O3. The van der Waals surface area contributed by atoms with Gasteiger partial charge < -0.3 is 19.8 Å². The number of benzene rings is 1. The van der Waals surface area contributed by atoms with Crippen molar-refractivity contribution in [3.8, 4) is 0 Å². The van der Waals surface area contributed by atoms with Crippen molar-refractivity contribution in [2.24, 2.45) is 0 Å². The standard InChI is InChI=1S/C17H17FN2O3/c1-17(22,15-3-2-6-23-15)10-20-16(21)7-11-9-19-14-8-12(18)4-5-13(11)14/h2-6,8-9,19,22H,7,10H2,1H3,(H,20,21). The second-order valence-electron chi connectivity index (χ2n) is 5.71. The molecule has 6 heteroatoms. The first-order chi connectivity index (χ1) is 11.0. The van der Waals surface area contributed by atoms with Crippen LogP contribution in [0, 0.1) is 5.82 Å². The molecule has 23 heavy (non-hydrogen) atoms. The number of hydrogen-bond acceptors (Lipinski definition) is 3. The van der Waals surface area contributed by atoms with Crippen LogP contribution in [-0.4, -0.2) is 22.5 Å². The van der Waals surface area contributed by atoms with Crippen LogP contribution in [0.2, 0.25) is 0 Å². The van der Waals surface area contributed by atoms with E-state index in [9.17, 15) is 14.3 Å². The fraction of sp³-hybridized carbons (Fsp3) is 0.235. The van der Waals surface area contributed by atoms with Crippen LogP contribution in [0.1, 0.15) is 18.2 Å². The van der Waals surface area contributed by atoms with E-state index in [-0.39, 0.29) is 24.7 Å². The van der Waals surface area contributed by atoms with Crippen molar-refractivity contribution in [3.05, 3.63) is 59.9 Å². The van der Waals surface area contributed by atoms with Gasteiger partial charge in [-0.3, -0.25) is 4.79 Å². The third-order valence-corrected chi connectivity index (χ3v) is 3.76. The third kappa shape index (κ3) is 3.27. The lowest BCUT2D eigenvalue weighted by Gasteiger charge is -2.21. The Morgan fingerprint density at radius 3 is 3.00 bits per heavy atom. The number of carbonyl (C=O) groups is 1. The van der Waals surface area contributed by atoms with Crippen molar-refractivity contribution in [2.45, 2.75) is 18.9 Å². The maximum absolute atomic E-state index is 13.2. The molecule has 120 valence electrons. The van der Waals surface area contributed by atoms with E-state index in [2.05, 4.69) is 10.3 Å². The molecule has 1 atom stereocenters. The highest BCUT2D eigenvalue weighted by Crippen LogP contribution is 2.21. The van der Waals surface area contributed by atoms with Crippen molar-refractivity contribution >= 4 is 16.8 Å². The number of amides is 1. The van der Waals surface area contributed by atoms with Gasteiger partial charge in [-0.1, -0.05) is 0 Å². The molecule has 0 radical (unpaired) electrons. The molecule has 0 spiro atoms.